The smallest absolute Gasteiger partial charge is 0.235 e. The average Bonchev–Trinajstić information content (AvgIpc) is 3.22. The molecule has 4 rings (SSSR count). The summed E-state index contributed by atoms with van der Waals surface area (Å²) in [6.45, 7) is 5.92. The van der Waals surface area contributed by atoms with E-state index in [0.29, 0.717) is 5.82 Å². The summed E-state index contributed by atoms with van der Waals surface area (Å²) >= 11 is 2.79. The van der Waals surface area contributed by atoms with Crippen molar-refractivity contribution in [3.05, 3.63) is 30.0 Å². The van der Waals surface area contributed by atoms with Crippen LogP contribution in [0.2, 0.25) is 0 Å². The van der Waals surface area contributed by atoms with Gasteiger partial charge in [-0.3, -0.25) is 0 Å². The minimum Gasteiger partial charge on any atom is -0.491 e. The van der Waals surface area contributed by atoms with Crippen LogP contribution >= 0.6 is 22.9 Å². The number of nitrogens with zero attached hydrogens (tertiary/aromatic N) is 6. The van der Waals surface area contributed by atoms with E-state index in [-0.39, 0.29) is 6.10 Å². The molecule has 0 fully saturated rings. The zero-order chi connectivity index (χ0) is 16.7. The van der Waals surface area contributed by atoms with Gasteiger partial charge in [0.15, 0.2) is 5.82 Å². The molecule has 0 radical (unpaired) electrons. The summed E-state index contributed by atoms with van der Waals surface area (Å²) in [5.41, 5.74) is 1.82. The zero-order valence-electron chi connectivity index (χ0n) is 13.3. The summed E-state index contributed by atoms with van der Waals surface area (Å²) in [7, 11) is 0. The van der Waals surface area contributed by atoms with Crippen LogP contribution in [-0.4, -0.2) is 35.5 Å². The first-order valence-corrected chi connectivity index (χ1v) is 8.99. The molecule has 0 aliphatic rings. The molecular weight excluding hydrogens is 344 g/mol. The first-order chi connectivity index (χ1) is 11.6. The lowest BCUT2D eigenvalue weighted by molar-refractivity contribution is 0.242. The Morgan fingerprint density at radius 3 is 2.79 bits per heavy atom. The van der Waals surface area contributed by atoms with Gasteiger partial charge in [-0.25, -0.2) is 0 Å². The van der Waals surface area contributed by atoms with Crippen LogP contribution in [0.1, 0.15) is 19.5 Å². The Morgan fingerprint density at radius 1 is 1.17 bits per heavy atom. The molecule has 9 heteroatoms. The van der Waals surface area contributed by atoms with E-state index in [0.717, 1.165) is 31.9 Å². The molecule has 0 aliphatic carbocycles. The van der Waals surface area contributed by atoms with E-state index in [2.05, 4.69) is 24.9 Å². The number of fused-ring (bicyclic) bond motifs is 1. The third kappa shape index (κ3) is 2.65. The predicted molar refractivity (Wildman–Crippen MR) is 93.5 cm³/mol. The Balaban J connectivity index is 1.77. The molecule has 1 aromatic carbocycles. The van der Waals surface area contributed by atoms with Crippen molar-refractivity contribution < 1.29 is 4.74 Å². The van der Waals surface area contributed by atoms with Crippen LogP contribution in [0.4, 0.5) is 0 Å². The summed E-state index contributed by atoms with van der Waals surface area (Å²) in [6, 6.07) is 7.91. The largest absolute Gasteiger partial charge is 0.491 e. The van der Waals surface area contributed by atoms with Gasteiger partial charge in [0.1, 0.15) is 15.6 Å². The Labute approximate surface area is 146 Å². The number of ether oxygens (including phenoxy) is 1. The summed E-state index contributed by atoms with van der Waals surface area (Å²) in [5.74, 6) is 1.51. The van der Waals surface area contributed by atoms with E-state index in [1.807, 2.05) is 45.0 Å². The molecule has 3 aromatic heterocycles. The van der Waals surface area contributed by atoms with Crippen LogP contribution in [0, 0.1) is 6.92 Å². The highest BCUT2D eigenvalue weighted by Crippen LogP contribution is 2.31. The second kappa shape index (κ2) is 5.91. The quantitative estimate of drug-likeness (QED) is 0.556. The SMILES string of the molecule is Cc1nnsc1-c1nnc2sc(-c3cccc(OC(C)C)c3)nn12. The van der Waals surface area contributed by atoms with E-state index in [1.165, 1.54) is 22.9 Å². The van der Waals surface area contributed by atoms with Crippen LogP contribution in [0.25, 0.3) is 26.2 Å². The van der Waals surface area contributed by atoms with Crippen molar-refractivity contribution in [1.82, 2.24) is 29.4 Å². The highest BCUT2D eigenvalue weighted by atomic mass is 32.1. The number of rotatable bonds is 4. The van der Waals surface area contributed by atoms with Crippen molar-refractivity contribution in [2.75, 3.05) is 0 Å². The molecule has 0 saturated heterocycles. The maximum Gasteiger partial charge on any atom is 0.235 e. The fourth-order valence-corrected chi connectivity index (χ4v) is 3.75. The Kier molecular flexibility index (Phi) is 3.73. The third-order valence-electron chi connectivity index (χ3n) is 3.30. The molecule has 7 nitrogen and oxygen atoms in total. The number of benzene rings is 1. The van der Waals surface area contributed by atoms with Crippen molar-refractivity contribution >= 4 is 27.8 Å². The second-order valence-electron chi connectivity index (χ2n) is 5.51. The number of aryl methyl sites for hydroxylation is 1. The van der Waals surface area contributed by atoms with Crippen LogP contribution in [0.3, 0.4) is 0 Å². The summed E-state index contributed by atoms with van der Waals surface area (Å²) in [5, 5.41) is 18.0. The fourth-order valence-electron chi connectivity index (χ4n) is 2.29. The van der Waals surface area contributed by atoms with Gasteiger partial charge in [-0.05, 0) is 44.4 Å². The highest BCUT2D eigenvalue weighted by molar-refractivity contribution is 7.19. The zero-order valence-corrected chi connectivity index (χ0v) is 14.9. The van der Waals surface area contributed by atoms with Gasteiger partial charge in [-0.15, -0.1) is 15.3 Å². The predicted octanol–water partition coefficient (Wildman–Crippen LogP) is 3.47. The van der Waals surface area contributed by atoms with Crippen LogP contribution < -0.4 is 4.74 Å². The number of aromatic nitrogens is 6. The van der Waals surface area contributed by atoms with E-state index < -0.39 is 0 Å². The van der Waals surface area contributed by atoms with Crippen molar-refractivity contribution in [2.24, 2.45) is 0 Å². The molecule has 0 N–H and O–H groups in total. The third-order valence-corrected chi connectivity index (χ3v) is 5.07. The molecule has 0 bridgehead atoms. The number of hydrogen-bond donors (Lipinski definition) is 0. The lowest BCUT2D eigenvalue weighted by atomic mass is 10.2. The van der Waals surface area contributed by atoms with Crippen LogP contribution in [0.15, 0.2) is 24.3 Å². The van der Waals surface area contributed by atoms with Crippen LogP contribution in [0.5, 0.6) is 5.75 Å². The molecular formula is C15H14N6OS2. The number of hydrogen-bond acceptors (Lipinski definition) is 8. The van der Waals surface area contributed by atoms with Gasteiger partial charge in [0.2, 0.25) is 4.96 Å². The standard InChI is InChI=1S/C15H14N6OS2/c1-8(2)22-11-6-4-5-10(7-11)14-19-21-13(17-18-15(21)23-14)12-9(3)16-20-24-12/h4-8H,1-3H3. The summed E-state index contributed by atoms with van der Waals surface area (Å²) < 4.78 is 11.5. The van der Waals surface area contributed by atoms with E-state index in [1.54, 1.807) is 4.52 Å². The molecule has 0 saturated carbocycles. The lowest BCUT2D eigenvalue weighted by Gasteiger charge is -2.09. The van der Waals surface area contributed by atoms with Gasteiger partial charge in [0, 0.05) is 5.56 Å². The molecule has 0 spiro atoms. The first kappa shape index (κ1) is 15.2. The van der Waals surface area contributed by atoms with Gasteiger partial charge in [0.05, 0.1) is 11.8 Å². The van der Waals surface area contributed by atoms with Crippen molar-refractivity contribution in [1.29, 1.82) is 0 Å². The van der Waals surface area contributed by atoms with Gasteiger partial charge in [0.25, 0.3) is 0 Å². The van der Waals surface area contributed by atoms with Gasteiger partial charge >= 0.3 is 0 Å². The van der Waals surface area contributed by atoms with E-state index >= 15 is 0 Å². The summed E-state index contributed by atoms with van der Waals surface area (Å²) in [6.07, 6.45) is 0.131. The topological polar surface area (TPSA) is 78.1 Å². The minimum absolute atomic E-state index is 0.131. The summed E-state index contributed by atoms with van der Waals surface area (Å²) in [4.78, 5) is 1.62. The van der Waals surface area contributed by atoms with Crippen molar-refractivity contribution in [2.45, 2.75) is 26.9 Å². The van der Waals surface area contributed by atoms with Crippen molar-refractivity contribution in [3.8, 4) is 27.0 Å². The highest BCUT2D eigenvalue weighted by Gasteiger charge is 2.18. The molecule has 122 valence electrons. The Hall–Kier alpha value is -2.39. The van der Waals surface area contributed by atoms with E-state index in [9.17, 15) is 0 Å². The molecule has 0 unspecified atom stereocenters. The molecule has 3 heterocycles. The fraction of sp³-hybridized carbons (Fsp3) is 0.267. The Morgan fingerprint density at radius 2 is 2.04 bits per heavy atom. The maximum atomic E-state index is 5.76. The molecule has 24 heavy (non-hydrogen) atoms. The molecule has 0 aliphatic heterocycles. The lowest BCUT2D eigenvalue weighted by Crippen LogP contribution is -2.05. The minimum atomic E-state index is 0.131. The normalized spacial score (nSPS) is 11.5. The Bertz CT molecular complexity index is 1000. The monoisotopic (exact) mass is 358 g/mol. The average molecular weight is 358 g/mol. The molecule has 4 aromatic rings. The van der Waals surface area contributed by atoms with Crippen LogP contribution in [-0.2, 0) is 0 Å². The van der Waals surface area contributed by atoms with Gasteiger partial charge in [-0.1, -0.05) is 28.0 Å². The maximum absolute atomic E-state index is 5.76. The van der Waals surface area contributed by atoms with Gasteiger partial charge in [-0.2, -0.15) is 9.61 Å². The molecule has 0 amide bonds. The van der Waals surface area contributed by atoms with E-state index in [4.69, 9.17) is 4.74 Å². The second-order valence-corrected chi connectivity index (χ2v) is 7.22. The molecule has 0 atom stereocenters. The first-order valence-electron chi connectivity index (χ1n) is 7.40. The van der Waals surface area contributed by atoms with Crippen molar-refractivity contribution in [3.63, 3.8) is 0 Å². The van der Waals surface area contributed by atoms with Gasteiger partial charge < -0.3 is 4.74 Å².